The minimum absolute atomic E-state index is 0.00976. The molecule has 146 valence electrons. The third kappa shape index (κ3) is 3.80. The largest absolute Gasteiger partial charge is 0.399 e. The Kier molecular flexibility index (Phi) is 4.81. The third-order valence-electron chi connectivity index (χ3n) is 3.82. The van der Waals surface area contributed by atoms with E-state index in [1.165, 1.54) is 42.5 Å². The predicted molar refractivity (Wildman–Crippen MR) is 103 cm³/mol. The maximum Gasteiger partial charge on any atom is 0.296 e. The van der Waals surface area contributed by atoms with Gasteiger partial charge in [0.25, 0.3) is 20.2 Å². The summed E-state index contributed by atoms with van der Waals surface area (Å²) in [4.78, 5) is -0.996. The van der Waals surface area contributed by atoms with Crippen LogP contribution in [0.1, 0.15) is 0 Å². The first-order valence-electron chi connectivity index (χ1n) is 7.56. The van der Waals surface area contributed by atoms with Crippen LogP contribution in [0.3, 0.4) is 0 Å². The second kappa shape index (κ2) is 6.83. The van der Waals surface area contributed by atoms with Crippen molar-refractivity contribution in [1.82, 2.24) is 0 Å². The van der Waals surface area contributed by atoms with Crippen molar-refractivity contribution in [1.29, 1.82) is 0 Å². The minimum Gasteiger partial charge on any atom is -0.399 e. The molecule has 0 unspecified atom stereocenters. The van der Waals surface area contributed by atoms with E-state index in [9.17, 15) is 25.9 Å². The highest BCUT2D eigenvalue weighted by atomic mass is 32.2. The van der Waals surface area contributed by atoms with Gasteiger partial charge in [-0.3, -0.25) is 9.11 Å². The van der Waals surface area contributed by atoms with Gasteiger partial charge in [-0.2, -0.15) is 16.8 Å². The summed E-state index contributed by atoms with van der Waals surface area (Å²) in [6.07, 6.45) is 0. The molecule has 3 aromatic rings. The van der Waals surface area contributed by atoms with E-state index in [2.05, 4.69) is 10.2 Å². The summed E-state index contributed by atoms with van der Waals surface area (Å²) < 4.78 is 65.3. The van der Waals surface area contributed by atoms with E-state index in [0.717, 1.165) is 6.07 Å². The van der Waals surface area contributed by atoms with Crippen LogP contribution in [0, 0.1) is 0 Å². The van der Waals surface area contributed by atoms with E-state index in [1.807, 2.05) is 0 Å². The fourth-order valence-corrected chi connectivity index (χ4v) is 3.98. The smallest absolute Gasteiger partial charge is 0.296 e. The average Bonchev–Trinajstić information content (AvgIpc) is 2.60. The molecule has 0 saturated carbocycles. The van der Waals surface area contributed by atoms with Gasteiger partial charge in [-0.25, -0.2) is 0 Å². The SMILES string of the molecule is Nc1ccc(N=Nc2ccc(N)c3cccc(S(=O)(=O)O)c23)c(S(=O)(=O)O)c1. The molecule has 28 heavy (non-hydrogen) atoms. The summed E-state index contributed by atoms with van der Waals surface area (Å²) in [5.41, 5.74) is 11.5. The lowest BCUT2D eigenvalue weighted by Crippen LogP contribution is -2.00. The molecule has 3 aromatic carbocycles. The summed E-state index contributed by atoms with van der Waals surface area (Å²) >= 11 is 0. The molecule has 0 aromatic heterocycles. The first-order chi connectivity index (χ1) is 13.0. The molecule has 0 saturated heterocycles. The summed E-state index contributed by atoms with van der Waals surface area (Å²) in [6.45, 7) is 0. The van der Waals surface area contributed by atoms with Crippen molar-refractivity contribution in [3.05, 3.63) is 48.5 Å². The van der Waals surface area contributed by atoms with Crippen molar-refractivity contribution < 1.29 is 25.9 Å². The first-order valence-corrected chi connectivity index (χ1v) is 10.4. The zero-order valence-corrected chi connectivity index (χ0v) is 15.6. The number of nitrogens with zero attached hydrogens (tertiary/aromatic N) is 2. The van der Waals surface area contributed by atoms with Crippen LogP contribution < -0.4 is 11.5 Å². The summed E-state index contributed by atoms with van der Waals surface area (Å²) in [5, 5.41) is 8.02. The van der Waals surface area contributed by atoms with Crippen LogP contribution >= 0.6 is 0 Å². The Hall–Kier alpha value is -3.06. The second-order valence-electron chi connectivity index (χ2n) is 5.73. The molecule has 0 fully saturated rings. The highest BCUT2D eigenvalue weighted by Crippen LogP contribution is 2.37. The number of nitrogens with two attached hydrogens (primary N) is 2. The van der Waals surface area contributed by atoms with Gasteiger partial charge < -0.3 is 11.5 Å². The number of hydrogen-bond acceptors (Lipinski definition) is 8. The number of azo groups is 1. The Morgan fingerprint density at radius 3 is 2.00 bits per heavy atom. The first kappa shape index (κ1) is 19.7. The van der Waals surface area contributed by atoms with Gasteiger partial charge in [-0.15, -0.1) is 10.2 Å². The number of rotatable bonds is 4. The van der Waals surface area contributed by atoms with Gasteiger partial charge in [0, 0.05) is 22.1 Å². The van der Waals surface area contributed by atoms with Crippen molar-refractivity contribution in [3.8, 4) is 0 Å². The van der Waals surface area contributed by atoms with Crippen LogP contribution in [0.2, 0.25) is 0 Å². The third-order valence-corrected chi connectivity index (χ3v) is 5.60. The number of hydrogen-bond donors (Lipinski definition) is 4. The fraction of sp³-hybridized carbons (Fsp3) is 0. The van der Waals surface area contributed by atoms with E-state index >= 15 is 0 Å². The normalized spacial score (nSPS) is 12.6. The second-order valence-corrected chi connectivity index (χ2v) is 8.51. The average molecular weight is 422 g/mol. The van der Waals surface area contributed by atoms with Gasteiger partial charge in [0.2, 0.25) is 0 Å². The monoisotopic (exact) mass is 422 g/mol. The Bertz CT molecular complexity index is 1330. The molecule has 0 aliphatic heterocycles. The lowest BCUT2D eigenvalue weighted by atomic mass is 10.1. The molecule has 0 bridgehead atoms. The summed E-state index contributed by atoms with van der Waals surface area (Å²) in [7, 11) is -9.23. The summed E-state index contributed by atoms with van der Waals surface area (Å²) in [5.74, 6) is 0. The molecule has 0 heterocycles. The molecule has 0 atom stereocenters. The van der Waals surface area contributed by atoms with Gasteiger partial charge in [-0.1, -0.05) is 12.1 Å². The van der Waals surface area contributed by atoms with Gasteiger partial charge in [-0.05, 0) is 36.4 Å². The molecule has 0 aliphatic rings. The highest BCUT2D eigenvalue weighted by molar-refractivity contribution is 7.86. The minimum atomic E-state index is -4.63. The van der Waals surface area contributed by atoms with Gasteiger partial charge >= 0.3 is 0 Å². The predicted octanol–water partition coefficient (Wildman–Crippen LogP) is 2.91. The van der Waals surface area contributed by atoms with Gasteiger partial charge in [0.15, 0.2) is 0 Å². The van der Waals surface area contributed by atoms with Crippen LogP contribution in [-0.4, -0.2) is 25.9 Å². The van der Waals surface area contributed by atoms with Crippen molar-refractivity contribution >= 4 is 53.8 Å². The molecule has 0 radical (unpaired) electrons. The molecule has 10 nitrogen and oxygen atoms in total. The Balaban J connectivity index is 2.27. The Labute approximate surface area is 160 Å². The van der Waals surface area contributed by atoms with Crippen LogP contribution in [0.15, 0.2) is 68.6 Å². The van der Waals surface area contributed by atoms with E-state index in [4.69, 9.17) is 11.5 Å². The maximum atomic E-state index is 11.7. The molecule has 0 aliphatic carbocycles. The molecule has 3 rings (SSSR count). The van der Waals surface area contributed by atoms with Crippen LogP contribution in [0.25, 0.3) is 10.8 Å². The van der Waals surface area contributed by atoms with Crippen LogP contribution in [0.4, 0.5) is 22.7 Å². The quantitative estimate of drug-likeness (QED) is 0.281. The number of anilines is 2. The van der Waals surface area contributed by atoms with E-state index < -0.39 is 30.0 Å². The number of nitrogen functional groups attached to an aromatic ring is 2. The Morgan fingerprint density at radius 2 is 1.36 bits per heavy atom. The van der Waals surface area contributed by atoms with E-state index in [-0.39, 0.29) is 28.1 Å². The molecule has 0 spiro atoms. The number of fused-ring (bicyclic) bond motifs is 1. The van der Waals surface area contributed by atoms with Gasteiger partial charge in [0.05, 0.1) is 5.69 Å². The van der Waals surface area contributed by atoms with E-state index in [0.29, 0.717) is 5.39 Å². The molecule has 12 heteroatoms. The lowest BCUT2D eigenvalue weighted by molar-refractivity contribution is 0.481. The molecule has 0 amide bonds. The highest BCUT2D eigenvalue weighted by Gasteiger charge is 2.19. The standard InChI is InChI=1S/C16H14N4O6S2/c17-9-4-6-12(15(8-9)28(24,25)26)19-20-13-7-5-11(18)10-2-1-3-14(16(10)13)27(21,22)23/h1-8H,17-18H2,(H,21,22,23)(H,24,25,26). The topological polar surface area (TPSA) is 185 Å². The van der Waals surface area contributed by atoms with Gasteiger partial charge in [0.1, 0.15) is 15.5 Å². The van der Waals surface area contributed by atoms with Crippen molar-refractivity contribution in [2.75, 3.05) is 11.5 Å². The van der Waals surface area contributed by atoms with Crippen LogP contribution in [0.5, 0.6) is 0 Å². The van der Waals surface area contributed by atoms with Crippen molar-refractivity contribution in [2.45, 2.75) is 9.79 Å². The molecular formula is C16H14N4O6S2. The van der Waals surface area contributed by atoms with Crippen molar-refractivity contribution in [2.24, 2.45) is 10.2 Å². The lowest BCUT2D eigenvalue weighted by Gasteiger charge is -2.09. The zero-order chi connectivity index (χ0) is 20.7. The summed E-state index contributed by atoms with van der Waals surface area (Å²) in [6, 6.07) is 10.5. The molecule has 6 N–H and O–H groups in total. The van der Waals surface area contributed by atoms with Crippen LogP contribution in [-0.2, 0) is 20.2 Å². The Morgan fingerprint density at radius 1 is 0.750 bits per heavy atom. The number of benzene rings is 3. The van der Waals surface area contributed by atoms with E-state index in [1.54, 1.807) is 0 Å². The maximum absolute atomic E-state index is 11.7. The fourth-order valence-electron chi connectivity index (χ4n) is 2.60. The zero-order valence-electron chi connectivity index (χ0n) is 14.0. The van der Waals surface area contributed by atoms with Crippen molar-refractivity contribution in [3.63, 3.8) is 0 Å². The molecular weight excluding hydrogens is 408 g/mol.